The zero-order valence-corrected chi connectivity index (χ0v) is 22.4. The number of carbonyl (C=O) groups is 2. The Morgan fingerprint density at radius 1 is 1.08 bits per heavy atom. The van der Waals surface area contributed by atoms with Gasteiger partial charge in [-0.25, -0.2) is 9.59 Å². The Morgan fingerprint density at radius 2 is 1.65 bits per heavy atom. The molecule has 2 N–H and O–H groups in total. The van der Waals surface area contributed by atoms with Crippen LogP contribution in [0.4, 0.5) is 0 Å². The first kappa shape index (κ1) is 27.8. The Labute approximate surface area is 217 Å². The van der Waals surface area contributed by atoms with Gasteiger partial charge in [-0.3, -0.25) is 4.84 Å². The molecule has 0 radical (unpaired) electrons. The van der Waals surface area contributed by atoms with Crippen LogP contribution in [0.15, 0.2) is 24.3 Å². The molecule has 1 aromatic carbocycles. The van der Waals surface area contributed by atoms with E-state index in [1.54, 1.807) is 0 Å². The molecular formula is C27H39NO9. The molecule has 0 aliphatic carbocycles. The minimum atomic E-state index is -1.58. The third-order valence-corrected chi connectivity index (χ3v) is 8.52. The molecule has 10 nitrogen and oxygen atoms in total. The summed E-state index contributed by atoms with van der Waals surface area (Å²) in [5, 5.41) is 21.4. The molecule has 7 unspecified atom stereocenters. The fraction of sp³-hybridized carbons (Fsp3) is 0.704. The summed E-state index contributed by atoms with van der Waals surface area (Å²) in [6, 6.07) is 7.80. The van der Waals surface area contributed by atoms with Gasteiger partial charge in [-0.2, -0.15) is 5.06 Å². The van der Waals surface area contributed by atoms with Crippen molar-refractivity contribution in [1.29, 1.82) is 0 Å². The Bertz CT molecular complexity index is 974. The van der Waals surface area contributed by atoms with E-state index in [1.807, 2.05) is 70.9 Å². The highest BCUT2D eigenvalue weighted by molar-refractivity contribution is 5.84. The second-order valence-electron chi connectivity index (χ2n) is 10.9. The molecule has 3 heterocycles. The lowest BCUT2D eigenvalue weighted by molar-refractivity contribution is -0.380. The van der Waals surface area contributed by atoms with Gasteiger partial charge in [-0.05, 0) is 51.3 Å². The molecule has 3 aliphatic rings. The zero-order chi connectivity index (χ0) is 27.2. The number of epoxide rings is 1. The summed E-state index contributed by atoms with van der Waals surface area (Å²) in [4.78, 5) is 30.4. The van der Waals surface area contributed by atoms with Crippen molar-refractivity contribution in [1.82, 2.24) is 5.06 Å². The lowest BCUT2D eigenvalue weighted by Crippen LogP contribution is -2.71. The van der Waals surface area contributed by atoms with Gasteiger partial charge in [0.25, 0.3) is 0 Å². The summed E-state index contributed by atoms with van der Waals surface area (Å²) in [5.41, 5.74) is -0.304. The highest BCUT2D eigenvalue weighted by Gasteiger charge is 2.67. The zero-order valence-electron chi connectivity index (χ0n) is 22.4. The van der Waals surface area contributed by atoms with Gasteiger partial charge in [-0.1, -0.05) is 32.9 Å². The van der Waals surface area contributed by atoms with Gasteiger partial charge < -0.3 is 29.2 Å². The molecule has 3 saturated heterocycles. The molecule has 3 aliphatic heterocycles. The molecule has 1 aromatic rings. The van der Waals surface area contributed by atoms with Crippen LogP contribution in [0.5, 0.6) is 5.75 Å². The van der Waals surface area contributed by atoms with Crippen LogP contribution >= 0.6 is 0 Å². The number of aliphatic carboxylic acids is 2. The second-order valence-corrected chi connectivity index (χ2v) is 10.9. The number of benzene rings is 1. The van der Waals surface area contributed by atoms with E-state index < -0.39 is 46.9 Å². The van der Waals surface area contributed by atoms with Crippen LogP contribution in [-0.2, 0) is 28.6 Å². The highest BCUT2D eigenvalue weighted by atomic mass is 16.8. The van der Waals surface area contributed by atoms with E-state index in [1.165, 1.54) is 0 Å². The lowest BCUT2D eigenvalue weighted by Gasteiger charge is -2.62. The smallest absolute Gasteiger partial charge is 0.336 e. The number of hydroxylamine groups is 2. The molecule has 37 heavy (non-hydrogen) atoms. The number of rotatable bonds is 10. The standard InChI is InChI=1S/C27H39NO9/c1-7-25(5)15-27(35-21(23(29)30)22(36-27)24(31)32)17(4)26(6,8-2)28(25)37-16(3)18-9-11-19(12-10-18)33-13-20-14-34-20/h9-12,16-17,20-22H,7-8,13-15H2,1-6H3,(H,29,30)(H,31,32). The third-order valence-electron chi connectivity index (χ3n) is 8.52. The van der Waals surface area contributed by atoms with Crippen LogP contribution in [0.25, 0.3) is 0 Å². The predicted molar refractivity (Wildman–Crippen MR) is 132 cm³/mol. The first-order valence-electron chi connectivity index (χ1n) is 13.0. The average Bonchev–Trinajstić information content (AvgIpc) is 3.63. The van der Waals surface area contributed by atoms with Gasteiger partial charge in [-0.15, -0.1) is 0 Å². The van der Waals surface area contributed by atoms with Gasteiger partial charge in [0.1, 0.15) is 24.6 Å². The predicted octanol–water partition coefficient (Wildman–Crippen LogP) is 3.79. The van der Waals surface area contributed by atoms with Gasteiger partial charge in [0.2, 0.25) is 0 Å². The minimum Gasteiger partial charge on any atom is -0.491 e. The van der Waals surface area contributed by atoms with Crippen molar-refractivity contribution >= 4 is 11.9 Å². The van der Waals surface area contributed by atoms with E-state index in [2.05, 4.69) is 0 Å². The molecule has 10 heteroatoms. The fourth-order valence-electron chi connectivity index (χ4n) is 5.62. The quantitative estimate of drug-likeness (QED) is 0.439. The van der Waals surface area contributed by atoms with Crippen molar-refractivity contribution in [2.75, 3.05) is 13.2 Å². The van der Waals surface area contributed by atoms with Crippen LogP contribution in [0, 0.1) is 5.92 Å². The largest absolute Gasteiger partial charge is 0.491 e. The van der Waals surface area contributed by atoms with Crippen LogP contribution in [0.2, 0.25) is 0 Å². The van der Waals surface area contributed by atoms with Gasteiger partial charge in [0, 0.05) is 17.9 Å². The van der Waals surface area contributed by atoms with E-state index in [0.29, 0.717) is 19.4 Å². The summed E-state index contributed by atoms with van der Waals surface area (Å²) >= 11 is 0. The van der Waals surface area contributed by atoms with E-state index in [0.717, 1.165) is 17.9 Å². The van der Waals surface area contributed by atoms with Crippen molar-refractivity contribution in [2.45, 2.75) is 102 Å². The molecule has 1 spiro atoms. The minimum absolute atomic E-state index is 0.189. The molecular weight excluding hydrogens is 482 g/mol. The molecule has 0 saturated carbocycles. The lowest BCUT2D eigenvalue weighted by atomic mass is 9.67. The number of hydrogen-bond donors (Lipinski definition) is 2. The molecule has 4 rings (SSSR count). The van der Waals surface area contributed by atoms with E-state index in [9.17, 15) is 19.8 Å². The first-order chi connectivity index (χ1) is 17.4. The number of nitrogens with zero attached hydrogens (tertiary/aromatic N) is 1. The van der Waals surface area contributed by atoms with Gasteiger partial charge >= 0.3 is 11.9 Å². The highest BCUT2D eigenvalue weighted by Crippen LogP contribution is 2.55. The van der Waals surface area contributed by atoms with E-state index in [-0.39, 0.29) is 18.6 Å². The summed E-state index contributed by atoms with van der Waals surface area (Å²) < 4.78 is 23.0. The van der Waals surface area contributed by atoms with Gasteiger partial charge in [0.05, 0.1) is 12.1 Å². The summed E-state index contributed by atoms with van der Waals surface area (Å²) in [5.74, 6) is -3.71. The topological polar surface area (TPSA) is 127 Å². The van der Waals surface area contributed by atoms with Crippen molar-refractivity contribution in [3.8, 4) is 5.75 Å². The average molecular weight is 522 g/mol. The van der Waals surface area contributed by atoms with Crippen molar-refractivity contribution in [2.24, 2.45) is 5.92 Å². The van der Waals surface area contributed by atoms with Gasteiger partial charge in [0.15, 0.2) is 18.0 Å². The monoisotopic (exact) mass is 521 g/mol. The molecule has 0 aromatic heterocycles. The molecule has 7 atom stereocenters. The molecule has 0 bridgehead atoms. The maximum absolute atomic E-state index is 11.9. The molecule has 206 valence electrons. The van der Waals surface area contributed by atoms with Crippen LogP contribution in [0.1, 0.15) is 72.5 Å². The summed E-state index contributed by atoms with van der Waals surface area (Å²) in [6.45, 7) is 13.3. The van der Waals surface area contributed by atoms with Crippen LogP contribution in [-0.4, -0.2) is 75.6 Å². The first-order valence-corrected chi connectivity index (χ1v) is 13.0. The SMILES string of the molecule is CCC1(C)CC2(OC(C(=O)O)C(C(=O)O)O2)C(C)C(C)(CC)N1OC(C)c1ccc(OCC2CO2)cc1. The maximum Gasteiger partial charge on any atom is 0.336 e. The fourth-order valence-corrected chi connectivity index (χ4v) is 5.62. The number of hydrogen-bond acceptors (Lipinski definition) is 8. The summed E-state index contributed by atoms with van der Waals surface area (Å²) in [6.07, 6.45) is -1.74. The molecule has 0 amide bonds. The van der Waals surface area contributed by atoms with Crippen molar-refractivity contribution in [3.05, 3.63) is 29.8 Å². The normalized spacial score (nSPS) is 38.4. The van der Waals surface area contributed by atoms with Crippen LogP contribution < -0.4 is 4.74 Å². The molecule has 3 fully saturated rings. The maximum atomic E-state index is 11.9. The number of carboxylic acids is 2. The Balaban J connectivity index is 1.59. The van der Waals surface area contributed by atoms with Crippen molar-refractivity contribution < 1.29 is 43.6 Å². The Kier molecular flexibility index (Phi) is 7.62. The number of carboxylic acid groups (broad SMARTS) is 2. The van der Waals surface area contributed by atoms with Crippen LogP contribution in [0.3, 0.4) is 0 Å². The second kappa shape index (κ2) is 10.1. The van der Waals surface area contributed by atoms with Crippen molar-refractivity contribution in [3.63, 3.8) is 0 Å². The van der Waals surface area contributed by atoms with E-state index >= 15 is 0 Å². The number of ether oxygens (including phenoxy) is 4. The number of piperidine rings is 1. The Hall–Kier alpha value is -2.24. The summed E-state index contributed by atoms with van der Waals surface area (Å²) in [7, 11) is 0. The van der Waals surface area contributed by atoms with E-state index in [4.69, 9.17) is 23.8 Å². The Morgan fingerprint density at radius 3 is 2.11 bits per heavy atom. The third kappa shape index (κ3) is 5.09.